The van der Waals surface area contributed by atoms with Gasteiger partial charge in [-0.15, -0.1) is 0 Å². The molecular formula is C16H26N2O3. The second kappa shape index (κ2) is 8.52. The number of amides is 1. The van der Waals surface area contributed by atoms with Crippen molar-refractivity contribution in [2.45, 2.75) is 45.7 Å². The molecule has 2 atom stereocenters. The molecule has 1 aromatic rings. The van der Waals surface area contributed by atoms with Gasteiger partial charge in [-0.2, -0.15) is 0 Å². The standard InChI is InChI=1S/C16H26N2O3/c1-6-11(2)17-12(3)9-16(19)18-14-8-7-13(20-4)10-15(14)21-5/h7-8,10-12,17H,6,9H2,1-5H3,(H,18,19). The van der Waals surface area contributed by atoms with E-state index in [9.17, 15) is 4.79 Å². The van der Waals surface area contributed by atoms with Crippen LogP contribution in [0.2, 0.25) is 0 Å². The van der Waals surface area contributed by atoms with Gasteiger partial charge in [0.1, 0.15) is 11.5 Å². The summed E-state index contributed by atoms with van der Waals surface area (Å²) in [6, 6.07) is 5.85. The van der Waals surface area contributed by atoms with Crippen molar-refractivity contribution in [2.24, 2.45) is 0 Å². The summed E-state index contributed by atoms with van der Waals surface area (Å²) in [6.45, 7) is 6.24. The van der Waals surface area contributed by atoms with E-state index in [0.29, 0.717) is 29.6 Å². The number of anilines is 1. The molecule has 1 aromatic carbocycles. The zero-order valence-corrected chi connectivity index (χ0v) is 13.5. The molecular weight excluding hydrogens is 268 g/mol. The van der Waals surface area contributed by atoms with Gasteiger partial charge in [-0.25, -0.2) is 0 Å². The fourth-order valence-electron chi connectivity index (χ4n) is 2.04. The Morgan fingerprint density at radius 2 is 1.90 bits per heavy atom. The van der Waals surface area contributed by atoms with Gasteiger partial charge in [0.15, 0.2) is 0 Å². The Bertz CT molecular complexity index is 463. The second-order valence-electron chi connectivity index (χ2n) is 5.20. The number of methoxy groups -OCH3 is 2. The highest BCUT2D eigenvalue weighted by atomic mass is 16.5. The fraction of sp³-hybridized carbons (Fsp3) is 0.562. The molecule has 0 radical (unpaired) electrons. The zero-order chi connectivity index (χ0) is 15.8. The van der Waals surface area contributed by atoms with Crippen LogP contribution in [0.5, 0.6) is 11.5 Å². The first kappa shape index (κ1) is 17.3. The molecule has 2 N–H and O–H groups in total. The Kier molecular flexibility index (Phi) is 7.02. The van der Waals surface area contributed by atoms with Gasteiger partial charge in [0.05, 0.1) is 19.9 Å². The summed E-state index contributed by atoms with van der Waals surface area (Å²) in [7, 11) is 3.16. The van der Waals surface area contributed by atoms with Crippen molar-refractivity contribution in [3.05, 3.63) is 18.2 Å². The summed E-state index contributed by atoms with van der Waals surface area (Å²) >= 11 is 0. The Morgan fingerprint density at radius 3 is 2.48 bits per heavy atom. The van der Waals surface area contributed by atoms with Gasteiger partial charge in [0.2, 0.25) is 5.91 Å². The first-order chi connectivity index (χ1) is 9.99. The largest absolute Gasteiger partial charge is 0.497 e. The molecule has 1 amide bonds. The number of carbonyl (C=O) groups excluding carboxylic acids is 1. The molecule has 0 bridgehead atoms. The average Bonchev–Trinajstić information content (AvgIpc) is 2.47. The van der Waals surface area contributed by atoms with Crippen molar-refractivity contribution in [3.63, 3.8) is 0 Å². The van der Waals surface area contributed by atoms with Crippen molar-refractivity contribution >= 4 is 11.6 Å². The molecule has 0 aliphatic carbocycles. The average molecular weight is 294 g/mol. The molecule has 0 aliphatic heterocycles. The van der Waals surface area contributed by atoms with Crippen LogP contribution in [-0.4, -0.2) is 32.2 Å². The van der Waals surface area contributed by atoms with Gasteiger partial charge in [-0.05, 0) is 32.4 Å². The van der Waals surface area contributed by atoms with Gasteiger partial charge < -0.3 is 20.1 Å². The van der Waals surface area contributed by atoms with Crippen molar-refractivity contribution in [2.75, 3.05) is 19.5 Å². The van der Waals surface area contributed by atoms with E-state index in [2.05, 4.69) is 24.5 Å². The van der Waals surface area contributed by atoms with Crippen LogP contribution in [0.3, 0.4) is 0 Å². The van der Waals surface area contributed by atoms with Gasteiger partial charge in [0, 0.05) is 24.6 Å². The summed E-state index contributed by atoms with van der Waals surface area (Å²) in [6.07, 6.45) is 1.46. The van der Waals surface area contributed by atoms with Crippen LogP contribution in [0.1, 0.15) is 33.6 Å². The summed E-state index contributed by atoms with van der Waals surface area (Å²) in [4.78, 5) is 12.1. The molecule has 0 aliphatic rings. The molecule has 0 fully saturated rings. The maximum absolute atomic E-state index is 12.1. The van der Waals surface area contributed by atoms with Gasteiger partial charge in [-0.3, -0.25) is 4.79 Å². The highest BCUT2D eigenvalue weighted by Gasteiger charge is 2.13. The van der Waals surface area contributed by atoms with Crippen molar-refractivity contribution < 1.29 is 14.3 Å². The Labute approximate surface area is 127 Å². The molecule has 118 valence electrons. The van der Waals surface area contributed by atoms with E-state index in [1.807, 2.05) is 6.92 Å². The van der Waals surface area contributed by atoms with Crippen LogP contribution >= 0.6 is 0 Å². The van der Waals surface area contributed by atoms with Gasteiger partial charge in [-0.1, -0.05) is 6.92 Å². The first-order valence-corrected chi connectivity index (χ1v) is 7.28. The van der Waals surface area contributed by atoms with Crippen molar-refractivity contribution in [3.8, 4) is 11.5 Å². The van der Waals surface area contributed by atoms with E-state index in [4.69, 9.17) is 9.47 Å². The Morgan fingerprint density at radius 1 is 1.19 bits per heavy atom. The minimum Gasteiger partial charge on any atom is -0.497 e. The lowest BCUT2D eigenvalue weighted by Gasteiger charge is -2.19. The van der Waals surface area contributed by atoms with Crippen LogP contribution in [-0.2, 0) is 4.79 Å². The zero-order valence-electron chi connectivity index (χ0n) is 13.5. The maximum atomic E-state index is 12.1. The van der Waals surface area contributed by atoms with Gasteiger partial charge >= 0.3 is 0 Å². The third-order valence-electron chi connectivity index (χ3n) is 3.36. The molecule has 0 heterocycles. The maximum Gasteiger partial charge on any atom is 0.226 e. The minimum absolute atomic E-state index is 0.0400. The minimum atomic E-state index is -0.0400. The third kappa shape index (κ3) is 5.63. The topological polar surface area (TPSA) is 59.6 Å². The second-order valence-corrected chi connectivity index (χ2v) is 5.20. The SMILES string of the molecule is CCC(C)NC(C)CC(=O)Nc1ccc(OC)cc1OC. The molecule has 0 saturated carbocycles. The van der Waals surface area contributed by atoms with Crippen LogP contribution in [0.25, 0.3) is 0 Å². The highest BCUT2D eigenvalue weighted by Crippen LogP contribution is 2.29. The van der Waals surface area contributed by atoms with Crippen molar-refractivity contribution in [1.82, 2.24) is 5.32 Å². The molecule has 0 saturated heterocycles. The lowest BCUT2D eigenvalue weighted by molar-refractivity contribution is -0.116. The number of hydrogen-bond acceptors (Lipinski definition) is 4. The monoisotopic (exact) mass is 294 g/mol. The molecule has 21 heavy (non-hydrogen) atoms. The Hall–Kier alpha value is -1.75. The van der Waals surface area contributed by atoms with Crippen LogP contribution in [0.15, 0.2) is 18.2 Å². The fourth-order valence-corrected chi connectivity index (χ4v) is 2.04. The van der Waals surface area contributed by atoms with E-state index >= 15 is 0 Å². The number of hydrogen-bond donors (Lipinski definition) is 2. The highest BCUT2D eigenvalue weighted by molar-refractivity contribution is 5.92. The molecule has 5 nitrogen and oxygen atoms in total. The number of nitrogens with one attached hydrogen (secondary N) is 2. The smallest absolute Gasteiger partial charge is 0.226 e. The van der Waals surface area contributed by atoms with Crippen LogP contribution in [0, 0.1) is 0 Å². The van der Waals surface area contributed by atoms with Gasteiger partial charge in [0.25, 0.3) is 0 Å². The number of rotatable bonds is 8. The van der Waals surface area contributed by atoms with E-state index < -0.39 is 0 Å². The summed E-state index contributed by atoms with van der Waals surface area (Å²) in [5, 5.41) is 6.26. The van der Waals surface area contributed by atoms with Crippen LogP contribution in [0.4, 0.5) is 5.69 Å². The summed E-state index contributed by atoms with van der Waals surface area (Å²) in [5.74, 6) is 1.24. The Balaban J connectivity index is 2.62. The predicted octanol–water partition coefficient (Wildman–Crippen LogP) is 2.81. The normalized spacial score (nSPS) is 13.4. The van der Waals surface area contributed by atoms with E-state index in [0.717, 1.165) is 6.42 Å². The first-order valence-electron chi connectivity index (χ1n) is 7.28. The molecule has 0 spiro atoms. The van der Waals surface area contributed by atoms with Crippen LogP contribution < -0.4 is 20.1 Å². The van der Waals surface area contributed by atoms with E-state index in [-0.39, 0.29) is 11.9 Å². The predicted molar refractivity (Wildman–Crippen MR) is 85.1 cm³/mol. The van der Waals surface area contributed by atoms with Crippen molar-refractivity contribution in [1.29, 1.82) is 0 Å². The lowest BCUT2D eigenvalue weighted by Crippen LogP contribution is -2.36. The molecule has 0 aromatic heterocycles. The third-order valence-corrected chi connectivity index (χ3v) is 3.36. The summed E-state index contributed by atoms with van der Waals surface area (Å²) < 4.78 is 10.4. The van der Waals surface area contributed by atoms with E-state index in [1.54, 1.807) is 32.4 Å². The summed E-state index contributed by atoms with van der Waals surface area (Å²) in [5.41, 5.74) is 0.652. The molecule has 2 unspecified atom stereocenters. The van der Waals surface area contributed by atoms with E-state index in [1.165, 1.54) is 0 Å². The molecule has 1 rings (SSSR count). The number of benzene rings is 1. The quantitative estimate of drug-likeness (QED) is 0.774. The number of ether oxygens (including phenoxy) is 2. The lowest BCUT2D eigenvalue weighted by atomic mass is 10.1. The number of carbonyl (C=O) groups is 1. The molecule has 5 heteroatoms.